The first-order valence-electron chi connectivity index (χ1n) is 5.28. The molecule has 0 aliphatic carbocycles. The second-order valence-electron chi connectivity index (χ2n) is 3.91. The summed E-state index contributed by atoms with van der Waals surface area (Å²) in [6.45, 7) is 3.22. The van der Waals surface area contributed by atoms with Gasteiger partial charge in [-0.25, -0.2) is 0 Å². The van der Waals surface area contributed by atoms with Crippen LogP contribution in [0.1, 0.15) is 31.4 Å². The summed E-state index contributed by atoms with van der Waals surface area (Å²) in [7, 11) is 0. The van der Waals surface area contributed by atoms with Crippen molar-refractivity contribution < 1.29 is 4.52 Å². The number of nitrogen functional groups attached to an aromatic ring is 1. The predicted molar refractivity (Wildman–Crippen MR) is 54.7 cm³/mol. The molecule has 2 heterocycles. The van der Waals surface area contributed by atoms with E-state index < -0.39 is 0 Å². The van der Waals surface area contributed by atoms with E-state index >= 15 is 0 Å². The molecule has 2 N–H and O–H groups in total. The fourth-order valence-electron chi connectivity index (χ4n) is 1.93. The highest BCUT2D eigenvalue weighted by atomic mass is 16.5. The van der Waals surface area contributed by atoms with Crippen LogP contribution in [-0.2, 0) is 6.54 Å². The minimum atomic E-state index is 0.412. The topological polar surface area (TPSA) is 55.3 Å². The highest BCUT2D eigenvalue weighted by Gasteiger charge is 2.11. The zero-order valence-corrected chi connectivity index (χ0v) is 8.41. The summed E-state index contributed by atoms with van der Waals surface area (Å²) in [5.74, 6) is 0.412. The van der Waals surface area contributed by atoms with Crippen LogP contribution in [-0.4, -0.2) is 23.1 Å². The number of aromatic nitrogens is 1. The quantitative estimate of drug-likeness (QED) is 0.779. The van der Waals surface area contributed by atoms with Gasteiger partial charge in [-0.05, 0) is 25.9 Å². The maximum Gasteiger partial charge on any atom is 0.222 e. The van der Waals surface area contributed by atoms with Gasteiger partial charge in [-0.15, -0.1) is 0 Å². The molecule has 4 heteroatoms. The van der Waals surface area contributed by atoms with Crippen molar-refractivity contribution in [2.75, 3.05) is 18.8 Å². The molecule has 0 atom stereocenters. The van der Waals surface area contributed by atoms with Gasteiger partial charge in [0.2, 0.25) is 5.88 Å². The van der Waals surface area contributed by atoms with Gasteiger partial charge in [-0.2, -0.15) is 0 Å². The van der Waals surface area contributed by atoms with Crippen molar-refractivity contribution in [3.8, 4) is 0 Å². The summed E-state index contributed by atoms with van der Waals surface area (Å²) < 4.78 is 4.84. The molecule has 0 radical (unpaired) electrons. The third kappa shape index (κ3) is 2.48. The average molecular weight is 195 g/mol. The molecule has 1 aliphatic rings. The fourth-order valence-corrected chi connectivity index (χ4v) is 1.93. The Morgan fingerprint density at radius 3 is 2.57 bits per heavy atom. The molecule has 1 aliphatic heterocycles. The number of anilines is 1. The normalized spacial score (nSPS) is 19.4. The Bertz CT molecular complexity index is 277. The highest BCUT2D eigenvalue weighted by molar-refractivity contribution is 5.24. The average Bonchev–Trinajstić information content (AvgIpc) is 2.43. The van der Waals surface area contributed by atoms with E-state index in [0.717, 1.165) is 12.2 Å². The monoisotopic (exact) mass is 195 g/mol. The molecule has 14 heavy (non-hydrogen) atoms. The van der Waals surface area contributed by atoms with Gasteiger partial charge < -0.3 is 10.3 Å². The van der Waals surface area contributed by atoms with Crippen molar-refractivity contribution in [3.63, 3.8) is 0 Å². The van der Waals surface area contributed by atoms with E-state index in [-0.39, 0.29) is 0 Å². The number of hydrogen-bond donors (Lipinski definition) is 1. The van der Waals surface area contributed by atoms with Crippen molar-refractivity contribution in [1.29, 1.82) is 0 Å². The molecule has 0 unspecified atom stereocenters. The van der Waals surface area contributed by atoms with Gasteiger partial charge in [-0.1, -0.05) is 18.0 Å². The first-order chi connectivity index (χ1) is 6.84. The van der Waals surface area contributed by atoms with E-state index in [1.165, 1.54) is 38.8 Å². The molecule has 1 fully saturated rings. The van der Waals surface area contributed by atoms with Gasteiger partial charge in [0.15, 0.2) is 0 Å². The molecule has 4 nitrogen and oxygen atoms in total. The lowest BCUT2D eigenvalue weighted by Crippen LogP contribution is -2.24. The van der Waals surface area contributed by atoms with Crippen molar-refractivity contribution >= 4 is 5.88 Å². The van der Waals surface area contributed by atoms with E-state index in [2.05, 4.69) is 10.1 Å². The van der Waals surface area contributed by atoms with Crippen LogP contribution in [0.3, 0.4) is 0 Å². The summed E-state index contributed by atoms with van der Waals surface area (Å²) in [5, 5.41) is 3.90. The molecule has 0 spiro atoms. The third-order valence-electron chi connectivity index (χ3n) is 2.66. The van der Waals surface area contributed by atoms with Gasteiger partial charge in [0.05, 0.1) is 5.69 Å². The summed E-state index contributed by atoms with van der Waals surface area (Å²) in [5.41, 5.74) is 6.42. The Kier molecular flexibility index (Phi) is 3.03. The van der Waals surface area contributed by atoms with Crippen molar-refractivity contribution in [2.45, 2.75) is 32.2 Å². The van der Waals surface area contributed by atoms with Crippen LogP contribution >= 0.6 is 0 Å². The molecule has 1 saturated heterocycles. The number of rotatable bonds is 2. The molecular weight excluding hydrogens is 178 g/mol. The van der Waals surface area contributed by atoms with Crippen LogP contribution in [0.15, 0.2) is 10.6 Å². The largest absolute Gasteiger partial charge is 0.368 e. The first-order valence-corrected chi connectivity index (χ1v) is 5.28. The van der Waals surface area contributed by atoms with Crippen LogP contribution in [0.25, 0.3) is 0 Å². The standard InChI is InChI=1S/C10H17N3O/c11-10-7-9(12-14-10)8-13-5-3-1-2-4-6-13/h7H,1-6,8,11H2. The molecule has 2 rings (SSSR count). The van der Waals surface area contributed by atoms with Gasteiger partial charge in [-0.3, -0.25) is 4.90 Å². The number of nitrogens with two attached hydrogens (primary N) is 1. The van der Waals surface area contributed by atoms with Gasteiger partial charge in [0.25, 0.3) is 0 Å². The molecule has 0 amide bonds. The zero-order valence-electron chi connectivity index (χ0n) is 8.41. The van der Waals surface area contributed by atoms with Crippen LogP contribution in [0.4, 0.5) is 5.88 Å². The lowest BCUT2D eigenvalue weighted by molar-refractivity contribution is 0.267. The highest BCUT2D eigenvalue weighted by Crippen LogP contribution is 2.13. The number of nitrogens with zero attached hydrogens (tertiary/aromatic N) is 2. The van der Waals surface area contributed by atoms with Crippen molar-refractivity contribution in [3.05, 3.63) is 11.8 Å². The maximum atomic E-state index is 5.47. The lowest BCUT2D eigenvalue weighted by atomic mass is 10.2. The van der Waals surface area contributed by atoms with Gasteiger partial charge >= 0.3 is 0 Å². The minimum Gasteiger partial charge on any atom is -0.368 e. The van der Waals surface area contributed by atoms with E-state index in [1.54, 1.807) is 0 Å². The predicted octanol–water partition coefficient (Wildman–Crippen LogP) is 1.63. The van der Waals surface area contributed by atoms with E-state index in [0.29, 0.717) is 5.88 Å². The molecule has 1 aromatic rings. The molecular formula is C10H17N3O. The Balaban J connectivity index is 1.89. The van der Waals surface area contributed by atoms with Crippen LogP contribution in [0.2, 0.25) is 0 Å². The Hall–Kier alpha value is -1.03. The van der Waals surface area contributed by atoms with Crippen LogP contribution in [0.5, 0.6) is 0 Å². The minimum absolute atomic E-state index is 0.412. The summed E-state index contributed by atoms with van der Waals surface area (Å²) in [6, 6.07) is 1.81. The Morgan fingerprint density at radius 2 is 2.00 bits per heavy atom. The fraction of sp³-hybridized carbons (Fsp3) is 0.700. The summed E-state index contributed by atoms with van der Waals surface area (Å²) in [6.07, 6.45) is 5.32. The van der Waals surface area contributed by atoms with E-state index in [9.17, 15) is 0 Å². The molecule has 0 bridgehead atoms. The molecule has 0 aromatic carbocycles. The Labute approximate surface area is 84.0 Å². The summed E-state index contributed by atoms with van der Waals surface area (Å²) >= 11 is 0. The second-order valence-corrected chi connectivity index (χ2v) is 3.91. The number of hydrogen-bond acceptors (Lipinski definition) is 4. The molecule has 0 saturated carbocycles. The van der Waals surface area contributed by atoms with Crippen LogP contribution in [0, 0.1) is 0 Å². The van der Waals surface area contributed by atoms with Crippen LogP contribution < -0.4 is 5.73 Å². The molecule has 78 valence electrons. The Morgan fingerprint density at radius 1 is 1.29 bits per heavy atom. The van der Waals surface area contributed by atoms with Crippen molar-refractivity contribution in [2.24, 2.45) is 0 Å². The van der Waals surface area contributed by atoms with Gasteiger partial charge in [0.1, 0.15) is 0 Å². The van der Waals surface area contributed by atoms with E-state index in [4.69, 9.17) is 10.3 Å². The SMILES string of the molecule is Nc1cc(CN2CCCCCC2)no1. The third-order valence-corrected chi connectivity index (χ3v) is 2.66. The second kappa shape index (κ2) is 4.46. The number of likely N-dealkylation sites (tertiary alicyclic amines) is 1. The van der Waals surface area contributed by atoms with Gasteiger partial charge in [0, 0.05) is 12.6 Å². The summed E-state index contributed by atoms with van der Waals surface area (Å²) in [4.78, 5) is 2.42. The van der Waals surface area contributed by atoms with Crippen molar-refractivity contribution in [1.82, 2.24) is 10.1 Å². The first kappa shape index (κ1) is 9.52. The lowest BCUT2D eigenvalue weighted by Gasteiger charge is -2.17. The van der Waals surface area contributed by atoms with E-state index in [1.807, 2.05) is 6.07 Å². The smallest absolute Gasteiger partial charge is 0.222 e. The molecule has 1 aromatic heterocycles. The zero-order chi connectivity index (χ0) is 9.80. The maximum absolute atomic E-state index is 5.47.